The summed E-state index contributed by atoms with van der Waals surface area (Å²) < 4.78 is 1.93. The first-order valence-corrected chi connectivity index (χ1v) is 9.29. The van der Waals surface area contributed by atoms with Crippen molar-refractivity contribution in [2.24, 2.45) is 5.73 Å². The molecule has 3 N–H and O–H groups in total. The predicted octanol–water partition coefficient (Wildman–Crippen LogP) is 2.45. The maximum atomic E-state index is 11.7. The van der Waals surface area contributed by atoms with Crippen molar-refractivity contribution in [1.29, 1.82) is 0 Å². The smallest absolute Gasteiger partial charge is 0.318 e. The molecule has 0 fully saturated rings. The molecule has 1 aromatic heterocycles. The second-order valence-corrected chi connectivity index (χ2v) is 6.88. The summed E-state index contributed by atoms with van der Waals surface area (Å²) in [6.45, 7) is 2.01. The van der Waals surface area contributed by atoms with Gasteiger partial charge in [0.2, 0.25) is 5.91 Å². The number of hydrogen-bond acceptors (Lipinski definition) is 5. The number of nitrogens with one attached hydrogen (secondary N) is 1. The zero-order valence-electron chi connectivity index (χ0n) is 14.8. The lowest BCUT2D eigenvalue weighted by atomic mass is 10.1. The van der Waals surface area contributed by atoms with E-state index in [9.17, 15) is 9.59 Å². The zero-order valence-corrected chi connectivity index (χ0v) is 15.6. The van der Waals surface area contributed by atoms with Gasteiger partial charge in [0.25, 0.3) is 0 Å². The van der Waals surface area contributed by atoms with Gasteiger partial charge in [0, 0.05) is 12.1 Å². The molecule has 138 valence electrons. The Balaban J connectivity index is 1.91. The normalized spacial score (nSPS) is 10.6. The molecule has 0 spiro atoms. The highest BCUT2D eigenvalue weighted by atomic mass is 32.2. The highest BCUT2D eigenvalue weighted by molar-refractivity contribution is 7.99. The van der Waals surface area contributed by atoms with E-state index in [-0.39, 0.29) is 5.75 Å². The van der Waals surface area contributed by atoms with E-state index in [4.69, 9.17) is 5.73 Å². The van der Waals surface area contributed by atoms with Crippen LogP contribution in [0.5, 0.6) is 0 Å². The summed E-state index contributed by atoms with van der Waals surface area (Å²) in [6.07, 6.45) is 0.607. The molecule has 3 aromatic rings. The fourth-order valence-corrected chi connectivity index (χ4v) is 3.39. The van der Waals surface area contributed by atoms with Gasteiger partial charge >= 0.3 is 6.03 Å². The molecule has 0 saturated carbocycles. The number of nitrogens with two attached hydrogens (primary N) is 1. The van der Waals surface area contributed by atoms with Gasteiger partial charge in [-0.25, -0.2) is 4.79 Å². The molecule has 0 aliphatic heterocycles. The third kappa shape index (κ3) is 4.95. The van der Waals surface area contributed by atoms with Crippen LogP contribution in [-0.4, -0.2) is 32.5 Å². The number of carbonyl (C=O) groups excluding carboxylic acids is 2. The Morgan fingerprint density at radius 2 is 1.89 bits per heavy atom. The maximum Gasteiger partial charge on any atom is 0.318 e. The summed E-state index contributed by atoms with van der Waals surface area (Å²) in [6, 6.07) is 17.1. The van der Waals surface area contributed by atoms with Gasteiger partial charge in [-0.2, -0.15) is 0 Å². The van der Waals surface area contributed by atoms with Gasteiger partial charge in [0.1, 0.15) is 5.82 Å². The monoisotopic (exact) mass is 381 g/mol. The summed E-state index contributed by atoms with van der Waals surface area (Å²) in [4.78, 5) is 22.5. The van der Waals surface area contributed by atoms with Crippen molar-refractivity contribution in [3.05, 3.63) is 71.5 Å². The topological polar surface area (TPSA) is 103 Å². The van der Waals surface area contributed by atoms with Gasteiger partial charge < -0.3 is 5.73 Å². The zero-order chi connectivity index (χ0) is 19.2. The maximum absolute atomic E-state index is 11.7. The Labute approximate surface area is 161 Å². The number of aryl methyl sites for hydroxylation is 1. The van der Waals surface area contributed by atoms with Crippen LogP contribution < -0.4 is 11.1 Å². The molecule has 1 heterocycles. The molecule has 7 nitrogen and oxygen atoms in total. The van der Waals surface area contributed by atoms with Gasteiger partial charge in [0.05, 0.1) is 5.75 Å². The third-order valence-electron chi connectivity index (χ3n) is 3.76. The van der Waals surface area contributed by atoms with E-state index in [0.717, 1.165) is 22.6 Å². The van der Waals surface area contributed by atoms with E-state index in [0.29, 0.717) is 11.6 Å². The number of hydrogen-bond donors (Lipinski definition) is 2. The first-order valence-electron chi connectivity index (χ1n) is 8.30. The average Bonchev–Trinajstić information content (AvgIpc) is 3.03. The Morgan fingerprint density at radius 1 is 1.11 bits per heavy atom. The molecule has 2 aromatic carbocycles. The van der Waals surface area contributed by atoms with Crippen molar-refractivity contribution >= 4 is 23.7 Å². The van der Waals surface area contributed by atoms with Gasteiger partial charge in [-0.3, -0.25) is 14.7 Å². The van der Waals surface area contributed by atoms with Crippen LogP contribution in [0.15, 0.2) is 59.8 Å². The van der Waals surface area contributed by atoms with Crippen LogP contribution in [0.3, 0.4) is 0 Å². The molecule has 8 heteroatoms. The number of urea groups is 1. The molecule has 0 bridgehead atoms. The van der Waals surface area contributed by atoms with Crippen LogP contribution in [0.2, 0.25) is 0 Å². The van der Waals surface area contributed by atoms with Gasteiger partial charge in [-0.1, -0.05) is 54.2 Å². The highest BCUT2D eigenvalue weighted by Gasteiger charge is 2.16. The van der Waals surface area contributed by atoms with Crippen LogP contribution in [0.25, 0.3) is 5.69 Å². The van der Waals surface area contributed by atoms with Gasteiger partial charge in [-0.05, 0) is 30.2 Å². The SMILES string of the molecule is Cc1cccc(-n2c(Cc3ccccc3)nnc2SCC(=O)NC(N)=O)c1. The second kappa shape index (κ2) is 8.50. The lowest BCUT2D eigenvalue weighted by Gasteiger charge is -2.11. The number of imide groups is 1. The summed E-state index contributed by atoms with van der Waals surface area (Å²) in [7, 11) is 0. The molecular weight excluding hydrogens is 362 g/mol. The minimum atomic E-state index is -0.870. The Bertz CT molecular complexity index is 956. The molecule has 0 atom stereocenters. The van der Waals surface area contributed by atoms with Crippen LogP contribution in [0.1, 0.15) is 17.0 Å². The summed E-state index contributed by atoms with van der Waals surface area (Å²) in [5, 5.41) is 11.2. The van der Waals surface area contributed by atoms with E-state index in [2.05, 4.69) is 10.2 Å². The molecular formula is C19H19N5O2S. The number of rotatable bonds is 6. The van der Waals surface area contributed by atoms with Crippen molar-refractivity contribution in [3.8, 4) is 5.69 Å². The summed E-state index contributed by atoms with van der Waals surface area (Å²) in [5.74, 6) is 0.304. The van der Waals surface area contributed by atoms with Gasteiger partial charge in [0.15, 0.2) is 5.16 Å². The van der Waals surface area contributed by atoms with Crippen molar-refractivity contribution in [2.45, 2.75) is 18.5 Å². The molecule has 27 heavy (non-hydrogen) atoms. The Kier molecular flexibility index (Phi) is 5.87. The number of primary amides is 1. The molecule has 0 saturated heterocycles. The minimum absolute atomic E-state index is 0.0121. The van der Waals surface area contributed by atoms with Crippen molar-refractivity contribution in [2.75, 3.05) is 5.75 Å². The quantitative estimate of drug-likeness (QED) is 0.639. The van der Waals surface area contributed by atoms with Crippen LogP contribution >= 0.6 is 11.8 Å². The average molecular weight is 381 g/mol. The van der Waals surface area contributed by atoms with Gasteiger partial charge in [-0.15, -0.1) is 10.2 Å². The van der Waals surface area contributed by atoms with Crippen molar-refractivity contribution < 1.29 is 9.59 Å². The molecule has 0 unspecified atom stereocenters. The summed E-state index contributed by atoms with van der Waals surface area (Å²) >= 11 is 1.20. The molecule has 0 aliphatic carbocycles. The number of nitrogens with zero attached hydrogens (tertiary/aromatic N) is 3. The van der Waals surface area contributed by atoms with Crippen LogP contribution in [0.4, 0.5) is 4.79 Å². The van der Waals surface area contributed by atoms with Crippen LogP contribution in [0, 0.1) is 6.92 Å². The second-order valence-electron chi connectivity index (χ2n) is 5.94. The van der Waals surface area contributed by atoms with Crippen molar-refractivity contribution in [1.82, 2.24) is 20.1 Å². The Hall–Kier alpha value is -3.13. The van der Waals surface area contributed by atoms with Crippen LogP contribution in [-0.2, 0) is 11.2 Å². The Morgan fingerprint density at radius 3 is 2.59 bits per heavy atom. The predicted molar refractivity (Wildman–Crippen MR) is 104 cm³/mol. The largest absolute Gasteiger partial charge is 0.351 e. The fraction of sp³-hybridized carbons (Fsp3) is 0.158. The summed E-state index contributed by atoms with van der Waals surface area (Å²) in [5.41, 5.74) is 8.12. The van der Waals surface area contributed by atoms with E-state index in [1.165, 1.54) is 11.8 Å². The lowest BCUT2D eigenvalue weighted by molar-refractivity contribution is -0.117. The van der Waals surface area contributed by atoms with Crippen molar-refractivity contribution in [3.63, 3.8) is 0 Å². The standard InChI is InChI=1S/C19H19N5O2S/c1-13-6-5-9-15(10-13)24-16(11-14-7-3-2-4-8-14)22-23-19(24)27-12-17(25)21-18(20)26/h2-10H,11-12H2,1H3,(H3,20,21,25,26). The van der Waals surface area contributed by atoms with E-state index in [1.54, 1.807) is 0 Å². The number of amides is 3. The first kappa shape index (κ1) is 18.7. The lowest BCUT2D eigenvalue weighted by Crippen LogP contribution is -2.36. The van der Waals surface area contributed by atoms with E-state index in [1.807, 2.05) is 71.4 Å². The third-order valence-corrected chi connectivity index (χ3v) is 4.69. The minimum Gasteiger partial charge on any atom is -0.351 e. The molecule has 0 radical (unpaired) electrons. The van der Waals surface area contributed by atoms with E-state index >= 15 is 0 Å². The first-order chi connectivity index (χ1) is 13.0. The number of benzene rings is 2. The molecule has 0 aliphatic rings. The number of thioether (sulfide) groups is 1. The number of carbonyl (C=O) groups is 2. The molecule has 3 amide bonds. The highest BCUT2D eigenvalue weighted by Crippen LogP contribution is 2.24. The fourth-order valence-electron chi connectivity index (χ4n) is 2.62. The number of aromatic nitrogens is 3. The van der Waals surface area contributed by atoms with E-state index < -0.39 is 11.9 Å². The molecule has 3 rings (SSSR count).